The van der Waals surface area contributed by atoms with Crippen molar-refractivity contribution in [2.45, 2.75) is 18.6 Å². The van der Waals surface area contributed by atoms with E-state index in [0.717, 1.165) is 43.0 Å². The Morgan fingerprint density at radius 2 is 2.33 bits per heavy atom. The maximum atomic E-state index is 5.85. The Labute approximate surface area is 115 Å². The molecule has 0 radical (unpaired) electrons. The molecule has 2 aliphatic heterocycles. The maximum absolute atomic E-state index is 5.85. The normalized spacial score (nSPS) is 29.1. The molecular weight excluding hydrogens is 296 g/mol. The van der Waals surface area contributed by atoms with Gasteiger partial charge in [0, 0.05) is 25.8 Å². The first-order valence-corrected chi connectivity index (χ1v) is 7.07. The zero-order chi connectivity index (χ0) is 12.5. The number of morpholine rings is 1. The van der Waals surface area contributed by atoms with E-state index in [9.17, 15) is 0 Å². The van der Waals surface area contributed by atoms with Crippen LogP contribution in [0.3, 0.4) is 0 Å². The molecule has 1 aromatic rings. The summed E-state index contributed by atoms with van der Waals surface area (Å²) in [5.74, 6) is 0.988. The van der Waals surface area contributed by atoms with Gasteiger partial charge in [0.05, 0.1) is 23.2 Å². The standard InChI is InChI=1S/C12H17BrN4O/c1-16-4-5-18-11-2-3-17(7-10(11)16)12-9(13)6-14-8-15-12/h6,8,10-11H,2-5,7H2,1H3. The summed E-state index contributed by atoms with van der Waals surface area (Å²) in [7, 11) is 2.18. The number of aromatic nitrogens is 2. The molecule has 0 N–H and O–H groups in total. The van der Waals surface area contributed by atoms with Gasteiger partial charge in [-0.05, 0) is 29.4 Å². The van der Waals surface area contributed by atoms with Crippen LogP contribution in [-0.2, 0) is 4.74 Å². The van der Waals surface area contributed by atoms with E-state index in [0.29, 0.717) is 12.1 Å². The molecule has 6 heteroatoms. The smallest absolute Gasteiger partial charge is 0.146 e. The van der Waals surface area contributed by atoms with Crippen LogP contribution < -0.4 is 4.90 Å². The molecule has 3 rings (SSSR count). The van der Waals surface area contributed by atoms with E-state index in [1.165, 1.54) is 0 Å². The summed E-state index contributed by atoms with van der Waals surface area (Å²) in [5, 5.41) is 0. The number of likely N-dealkylation sites (N-methyl/N-ethyl adjacent to an activating group) is 1. The predicted octanol–water partition coefficient (Wildman–Crippen LogP) is 1.15. The van der Waals surface area contributed by atoms with Crippen molar-refractivity contribution in [1.82, 2.24) is 14.9 Å². The Morgan fingerprint density at radius 3 is 3.17 bits per heavy atom. The minimum absolute atomic E-state index is 0.376. The Morgan fingerprint density at radius 1 is 1.44 bits per heavy atom. The molecule has 2 saturated heterocycles. The average Bonchev–Trinajstić information content (AvgIpc) is 2.40. The van der Waals surface area contributed by atoms with Gasteiger partial charge in [0.1, 0.15) is 12.1 Å². The van der Waals surface area contributed by atoms with E-state index < -0.39 is 0 Å². The second kappa shape index (κ2) is 5.11. The molecule has 2 fully saturated rings. The number of hydrogen-bond donors (Lipinski definition) is 0. The summed E-state index contributed by atoms with van der Waals surface area (Å²) in [4.78, 5) is 13.1. The first kappa shape index (κ1) is 12.3. The molecule has 0 aromatic carbocycles. The molecule has 2 unspecified atom stereocenters. The number of fused-ring (bicyclic) bond motifs is 1. The van der Waals surface area contributed by atoms with Crippen LogP contribution in [0.4, 0.5) is 5.82 Å². The summed E-state index contributed by atoms with van der Waals surface area (Å²) in [6.45, 7) is 3.83. The fourth-order valence-corrected chi connectivity index (χ4v) is 3.24. The lowest BCUT2D eigenvalue weighted by molar-refractivity contribution is -0.0688. The average molecular weight is 313 g/mol. The molecule has 2 aliphatic rings. The molecular formula is C12H17BrN4O. The molecule has 0 spiro atoms. The maximum Gasteiger partial charge on any atom is 0.146 e. The number of anilines is 1. The zero-order valence-electron chi connectivity index (χ0n) is 10.4. The Kier molecular flexibility index (Phi) is 3.50. The second-order valence-electron chi connectivity index (χ2n) is 4.89. The highest BCUT2D eigenvalue weighted by Crippen LogP contribution is 2.28. The Hall–Kier alpha value is -0.720. The van der Waals surface area contributed by atoms with Crippen molar-refractivity contribution < 1.29 is 4.74 Å². The van der Waals surface area contributed by atoms with Crippen molar-refractivity contribution in [3.05, 3.63) is 17.0 Å². The van der Waals surface area contributed by atoms with E-state index in [2.05, 4.69) is 42.7 Å². The van der Waals surface area contributed by atoms with Crippen LogP contribution in [0.5, 0.6) is 0 Å². The summed E-state index contributed by atoms with van der Waals surface area (Å²) >= 11 is 3.52. The molecule has 1 aromatic heterocycles. The van der Waals surface area contributed by atoms with Crippen molar-refractivity contribution in [3.8, 4) is 0 Å². The van der Waals surface area contributed by atoms with E-state index in [1.54, 1.807) is 12.5 Å². The number of piperidine rings is 1. The molecule has 0 bridgehead atoms. The molecule has 3 heterocycles. The van der Waals surface area contributed by atoms with Crippen LogP contribution in [0.1, 0.15) is 6.42 Å². The highest BCUT2D eigenvalue weighted by molar-refractivity contribution is 9.10. The number of halogens is 1. The highest BCUT2D eigenvalue weighted by Gasteiger charge is 2.36. The van der Waals surface area contributed by atoms with Gasteiger partial charge >= 0.3 is 0 Å². The van der Waals surface area contributed by atoms with Gasteiger partial charge in [-0.2, -0.15) is 0 Å². The van der Waals surface area contributed by atoms with Crippen LogP contribution >= 0.6 is 15.9 Å². The van der Waals surface area contributed by atoms with Crippen molar-refractivity contribution in [3.63, 3.8) is 0 Å². The van der Waals surface area contributed by atoms with Crippen molar-refractivity contribution >= 4 is 21.7 Å². The van der Waals surface area contributed by atoms with Crippen LogP contribution in [0.2, 0.25) is 0 Å². The molecule has 98 valence electrons. The number of ether oxygens (including phenoxy) is 1. The van der Waals surface area contributed by atoms with Crippen LogP contribution in [-0.4, -0.2) is 60.3 Å². The van der Waals surface area contributed by atoms with E-state index >= 15 is 0 Å². The quantitative estimate of drug-likeness (QED) is 0.778. The van der Waals surface area contributed by atoms with Crippen molar-refractivity contribution in [2.24, 2.45) is 0 Å². The Balaban J connectivity index is 1.78. The molecule has 18 heavy (non-hydrogen) atoms. The largest absolute Gasteiger partial charge is 0.375 e. The second-order valence-corrected chi connectivity index (χ2v) is 5.74. The first-order valence-electron chi connectivity index (χ1n) is 6.28. The van der Waals surface area contributed by atoms with E-state index in [1.807, 2.05) is 0 Å². The van der Waals surface area contributed by atoms with E-state index in [4.69, 9.17) is 4.74 Å². The van der Waals surface area contributed by atoms with Crippen LogP contribution in [0.25, 0.3) is 0 Å². The molecule has 2 atom stereocenters. The highest BCUT2D eigenvalue weighted by atomic mass is 79.9. The third kappa shape index (κ3) is 2.24. The fraction of sp³-hybridized carbons (Fsp3) is 0.667. The van der Waals surface area contributed by atoms with Crippen LogP contribution in [0, 0.1) is 0 Å². The lowest BCUT2D eigenvalue weighted by Crippen LogP contribution is -2.59. The summed E-state index contributed by atoms with van der Waals surface area (Å²) in [6.07, 6.45) is 4.84. The van der Waals surface area contributed by atoms with Gasteiger partial charge in [-0.25, -0.2) is 9.97 Å². The molecule has 0 amide bonds. The minimum Gasteiger partial charge on any atom is -0.375 e. The minimum atomic E-state index is 0.376. The number of hydrogen-bond acceptors (Lipinski definition) is 5. The number of rotatable bonds is 1. The summed E-state index contributed by atoms with van der Waals surface area (Å²) in [5.41, 5.74) is 0. The van der Waals surface area contributed by atoms with Gasteiger partial charge in [-0.3, -0.25) is 4.90 Å². The third-order valence-electron chi connectivity index (χ3n) is 3.81. The first-order chi connectivity index (χ1) is 8.75. The van der Waals surface area contributed by atoms with Gasteiger partial charge in [0.25, 0.3) is 0 Å². The van der Waals surface area contributed by atoms with Crippen LogP contribution in [0.15, 0.2) is 17.0 Å². The van der Waals surface area contributed by atoms with Gasteiger partial charge in [0.15, 0.2) is 0 Å². The van der Waals surface area contributed by atoms with Gasteiger partial charge in [-0.15, -0.1) is 0 Å². The monoisotopic (exact) mass is 312 g/mol. The lowest BCUT2D eigenvalue weighted by atomic mass is 9.99. The summed E-state index contributed by atoms with van der Waals surface area (Å²) < 4.78 is 6.81. The van der Waals surface area contributed by atoms with Crippen molar-refractivity contribution in [1.29, 1.82) is 0 Å². The molecule has 0 saturated carbocycles. The SMILES string of the molecule is CN1CCOC2CCN(c3ncncc3Br)CC21. The fourth-order valence-electron chi connectivity index (χ4n) is 2.77. The van der Waals surface area contributed by atoms with E-state index in [-0.39, 0.29) is 0 Å². The topological polar surface area (TPSA) is 41.5 Å². The molecule has 0 aliphatic carbocycles. The lowest BCUT2D eigenvalue weighted by Gasteiger charge is -2.46. The van der Waals surface area contributed by atoms with Gasteiger partial charge in [0.2, 0.25) is 0 Å². The third-order valence-corrected chi connectivity index (χ3v) is 4.37. The Bertz CT molecular complexity index is 430. The number of nitrogens with zero attached hydrogens (tertiary/aromatic N) is 4. The van der Waals surface area contributed by atoms with Gasteiger partial charge in [-0.1, -0.05) is 0 Å². The van der Waals surface area contributed by atoms with Crippen molar-refractivity contribution in [2.75, 3.05) is 38.2 Å². The molecule has 5 nitrogen and oxygen atoms in total. The zero-order valence-corrected chi connectivity index (χ0v) is 12.0. The predicted molar refractivity (Wildman–Crippen MR) is 72.7 cm³/mol. The van der Waals surface area contributed by atoms with Gasteiger partial charge < -0.3 is 9.64 Å². The summed E-state index contributed by atoms with van der Waals surface area (Å²) in [6, 6.07) is 0.467.